The summed E-state index contributed by atoms with van der Waals surface area (Å²) in [6.07, 6.45) is 1.50. The SMILES string of the molecule is COC(=O)Cc1ccc(Oc2cc(NC(C)=O)ncn2)cc1. The largest absolute Gasteiger partial charge is 0.469 e. The van der Waals surface area contributed by atoms with Crippen LogP contribution < -0.4 is 10.1 Å². The van der Waals surface area contributed by atoms with Crippen LogP contribution in [0.25, 0.3) is 0 Å². The molecule has 0 spiro atoms. The molecule has 7 heteroatoms. The van der Waals surface area contributed by atoms with E-state index in [4.69, 9.17) is 4.74 Å². The fourth-order valence-electron chi connectivity index (χ4n) is 1.68. The topological polar surface area (TPSA) is 90.4 Å². The molecule has 22 heavy (non-hydrogen) atoms. The molecule has 0 fully saturated rings. The lowest BCUT2D eigenvalue weighted by Crippen LogP contribution is -2.07. The van der Waals surface area contributed by atoms with Crippen molar-refractivity contribution in [3.63, 3.8) is 0 Å². The lowest BCUT2D eigenvalue weighted by Gasteiger charge is -2.07. The summed E-state index contributed by atoms with van der Waals surface area (Å²) in [4.78, 5) is 30.0. The van der Waals surface area contributed by atoms with Crippen LogP contribution in [-0.4, -0.2) is 29.0 Å². The summed E-state index contributed by atoms with van der Waals surface area (Å²) in [6.45, 7) is 1.39. The van der Waals surface area contributed by atoms with E-state index in [1.165, 1.54) is 26.4 Å². The predicted octanol–water partition coefficient (Wildman–Crippen LogP) is 1.94. The van der Waals surface area contributed by atoms with Gasteiger partial charge >= 0.3 is 5.97 Å². The highest BCUT2D eigenvalue weighted by Gasteiger charge is 2.05. The van der Waals surface area contributed by atoms with E-state index in [0.29, 0.717) is 17.4 Å². The van der Waals surface area contributed by atoms with Crippen molar-refractivity contribution in [3.8, 4) is 11.6 Å². The van der Waals surface area contributed by atoms with Crippen molar-refractivity contribution in [2.75, 3.05) is 12.4 Å². The molecule has 0 aliphatic rings. The van der Waals surface area contributed by atoms with Gasteiger partial charge in [0.05, 0.1) is 13.5 Å². The van der Waals surface area contributed by atoms with Crippen LogP contribution in [0.2, 0.25) is 0 Å². The highest BCUT2D eigenvalue weighted by molar-refractivity contribution is 5.87. The number of anilines is 1. The van der Waals surface area contributed by atoms with Gasteiger partial charge in [0.1, 0.15) is 17.9 Å². The van der Waals surface area contributed by atoms with E-state index >= 15 is 0 Å². The van der Waals surface area contributed by atoms with Gasteiger partial charge in [-0.3, -0.25) is 9.59 Å². The van der Waals surface area contributed by atoms with E-state index < -0.39 is 0 Å². The first-order chi connectivity index (χ1) is 10.6. The molecule has 2 aromatic rings. The van der Waals surface area contributed by atoms with Gasteiger partial charge < -0.3 is 14.8 Å². The molecule has 0 aliphatic heterocycles. The minimum Gasteiger partial charge on any atom is -0.469 e. The van der Waals surface area contributed by atoms with Crippen LogP contribution >= 0.6 is 0 Å². The van der Waals surface area contributed by atoms with Crippen LogP contribution in [0.5, 0.6) is 11.6 Å². The first kappa shape index (κ1) is 15.4. The lowest BCUT2D eigenvalue weighted by atomic mass is 10.1. The number of hydrogen-bond acceptors (Lipinski definition) is 6. The second kappa shape index (κ2) is 7.16. The maximum absolute atomic E-state index is 11.2. The summed E-state index contributed by atoms with van der Waals surface area (Å²) >= 11 is 0. The number of esters is 1. The van der Waals surface area contributed by atoms with Crippen LogP contribution in [0, 0.1) is 0 Å². The second-order valence-electron chi connectivity index (χ2n) is 4.42. The molecule has 0 bridgehead atoms. The number of nitrogens with zero attached hydrogens (tertiary/aromatic N) is 2. The Morgan fingerprint density at radius 3 is 2.55 bits per heavy atom. The fraction of sp³-hybridized carbons (Fsp3) is 0.200. The Morgan fingerprint density at radius 1 is 1.18 bits per heavy atom. The Hall–Kier alpha value is -2.96. The van der Waals surface area contributed by atoms with Crippen LogP contribution in [0.15, 0.2) is 36.7 Å². The third-order valence-electron chi connectivity index (χ3n) is 2.67. The van der Waals surface area contributed by atoms with Gasteiger partial charge in [0, 0.05) is 13.0 Å². The van der Waals surface area contributed by atoms with Gasteiger partial charge in [-0.05, 0) is 17.7 Å². The summed E-state index contributed by atoms with van der Waals surface area (Å²) in [5.74, 6) is 0.696. The smallest absolute Gasteiger partial charge is 0.309 e. The minimum atomic E-state index is -0.301. The molecule has 0 atom stereocenters. The van der Waals surface area contributed by atoms with Crippen molar-refractivity contribution in [2.45, 2.75) is 13.3 Å². The van der Waals surface area contributed by atoms with Crippen LogP contribution in [0.1, 0.15) is 12.5 Å². The number of rotatable bonds is 5. The number of hydrogen-bond donors (Lipinski definition) is 1. The molecular weight excluding hydrogens is 286 g/mol. The van der Waals surface area contributed by atoms with Crippen molar-refractivity contribution in [2.24, 2.45) is 0 Å². The van der Waals surface area contributed by atoms with Crippen molar-refractivity contribution >= 4 is 17.7 Å². The molecule has 1 aromatic heterocycles. The van der Waals surface area contributed by atoms with E-state index in [-0.39, 0.29) is 18.3 Å². The zero-order valence-corrected chi connectivity index (χ0v) is 12.2. The molecule has 0 saturated heterocycles. The first-order valence-electron chi connectivity index (χ1n) is 6.50. The number of amides is 1. The third-order valence-corrected chi connectivity index (χ3v) is 2.67. The van der Waals surface area contributed by atoms with E-state index in [1.807, 2.05) is 0 Å². The van der Waals surface area contributed by atoms with Gasteiger partial charge in [-0.15, -0.1) is 0 Å². The minimum absolute atomic E-state index is 0.205. The van der Waals surface area contributed by atoms with E-state index in [2.05, 4.69) is 20.0 Å². The Bertz CT molecular complexity index is 671. The number of carbonyl (C=O) groups is 2. The summed E-state index contributed by atoms with van der Waals surface area (Å²) in [6, 6.07) is 8.49. The molecule has 1 heterocycles. The number of benzene rings is 1. The van der Waals surface area contributed by atoms with E-state index in [1.54, 1.807) is 24.3 Å². The Labute approximate surface area is 127 Å². The van der Waals surface area contributed by atoms with Crippen molar-refractivity contribution in [1.82, 2.24) is 9.97 Å². The third kappa shape index (κ3) is 4.55. The number of ether oxygens (including phenoxy) is 2. The maximum atomic E-state index is 11.2. The summed E-state index contributed by atoms with van der Waals surface area (Å²) in [5.41, 5.74) is 0.820. The zero-order chi connectivity index (χ0) is 15.9. The van der Waals surface area contributed by atoms with E-state index in [9.17, 15) is 9.59 Å². The molecule has 1 N–H and O–H groups in total. The van der Waals surface area contributed by atoms with Crippen LogP contribution in [0.4, 0.5) is 5.82 Å². The first-order valence-corrected chi connectivity index (χ1v) is 6.50. The standard InChI is InChI=1S/C15H15N3O4/c1-10(19)18-13-8-14(17-9-16-13)22-12-5-3-11(4-6-12)7-15(20)21-2/h3-6,8-9H,7H2,1-2H3,(H,16,17,18,19). The maximum Gasteiger partial charge on any atom is 0.309 e. The number of methoxy groups -OCH3 is 1. The van der Waals surface area contributed by atoms with Gasteiger partial charge in [-0.2, -0.15) is 0 Å². The highest BCUT2D eigenvalue weighted by atomic mass is 16.5. The Balaban J connectivity index is 2.04. The van der Waals surface area contributed by atoms with Gasteiger partial charge in [0.15, 0.2) is 0 Å². The van der Waals surface area contributed by atoms with Crippen molar-refractivity contribution < 1.29 is 19.1 Å². The van der Waals surface area contributed by atoms with Gasteiger partial charge in [-0.25, -0.2) is 9.97 Å². The van der Waals surface area contributed by atoms with Gasteiger partial charge in [0.2, 0.25) is 11.8 Å². The fourth-order valence-corrected chi connectivity index (χ4v) is 1.68. The molecule has 1 aromatic carbocycles. The molecule has 7 nitrogen and oxygen atoms in total. The summed E-state index contributed by atoms with van der Waals surface area (Å²) in [7, 11) is 1.35. The van der Waals surface area contributed by atoms with E-state index in [0.717, 1.165) is 5.56 Å². The monoisotopic (exact) mass is 301 g/mol. The Kier molecular flexibility index (Phi) is 5.02. The van der Waals surface area contributed by atoms with Crippen LogP contribution in [0.3, 0.4) is 0 Å². The van der Waals surface area contributed by atoms with Crippen LogP contribution in [-0.2, 0) is 20.7 Å². The predicted molar refractivity (Wildman–Crippen MR) is 78.6 cm³/mol. The van der Waals surface area contributed by atoms with Gasteiger partial charge in [-0.1, -0.05) is 12.1 Å². The van der Waals surface area contributed by atoms with Gasteiger partial charge in [0.25, 0.3) is 0 Å². The number of nitrogens with one attached hydrogen (secondary N) is 1. The highest BCUT2D eigenvalue weighted by Crippen LogP contribution is 2.21. The molecule has 0 unspecified atom stereocenters. The Morgan fingerprint density at radius 2 is 1.91 bits per heavy atom. The molecule has 0 saturated carbocycles. The zero-order valence-electron chi connectivity index (χ0n) is 12.2. The van der Waals surface area contributed by atoms with Crippen molar-refractivity contribution in [3.05, 3.63) is 42.2 Å². The summed E-state index contributed by atoms with van der Waals surface area (Å²) < 4.78 is 10.2. The quantitative estimate of drug-likeness (QED) is 0.849. The molecule has 1 amide bonds. The second-order valence-corrected chi connectivity index (χ2v) is 4.42. The number of aromatic nitrogens is 2. The molecule has 0 aliphatic carbocycles. The van der Waals surface area contributed by atoms with Crippen molar-refractivity contribution in [1.29, 1.82) is 0 Å². The average molecular weight is 301 g/mol. The molecular formula is C15H15N3O4. The summed E-state index contributed by atoms with van der Waals surface area (Å²) in [5, 5.41) is 2.55. The molecule has 0 radical (unpaired) electrons. The molecule has 114 valence electrons. The number of carbonyl (C=O) groups excluding carboxylic acids is 2. The molecule has 2 rings (SSSR count). The lowest BCUT2D eigenvalue weighted by molar-refractivity contribution is -0.139. The normalized spacial score (nSPS) is 9.91. The average Bonchev–Trinajstić information content (AvgIpc) is 2.49.